The van der Waals surface area contributed by atoms with E-state index in [1.165, 1.54) is 38.2 Å². The van der Waals surface area contributed by atoms with Gasteiger partial charge in [0.15, 0.2) is 17.7 Å². The number of ketones is 1. The molecule has 1 unspecified atom stereocenters. The summed E-state index contributed by atoms with van der Waals surface area (Å²) >= 11 is 0. The van der Waals surface area contributed by atoms with Crippen LogP contribution in [0.5, 0.6) is 0 Å². The number of Topliss-reactive ketones (excluding diaryl/α,β-unsaturated/α-hetero) is 1. The second-order valence-corrected chi connectivity index (χ2v) is 9.72. The Balaban J connectivity index is 2.03. The standard InChI is InChI=1S/C19H25N3O6S/c1-12(23)14-7-9-15(10-8-14)29(25,26)22(6)11-16(24)27-13(2)17-20-18(21-28-17)19(3,4)5/h7-10,13H,11H2,1-6H3. The molecule has 29 heavy (non-hydrogen) atoms. The van der Waals surface area contributed by atoms with Gasteiger partial charge in [0.1, 0.15) is 6.54 Å². The zero-order chi connectivity index (χ0) is 22.0. The molecule has 0 N–H and O–H groups in total. The van der Waals surface area contributed by atoms with E-state index in [0.717, 1.165) is 4.31 Å². The lowest BCUT2D eigenvalue weighted by atomic mass is 9.96. The van der Waals surface area contributed by atoms with E-state index in [1.807, 2.05) is 20.8 Å². The molecule has 2 aromatic rings. The topological polar surface area (TPSA) is 120 Å². The van der Waals surface area contributed by atoms with Crippen molar-refractivity contribution >= 4 is 21.8 Å². The average molecular weight is 423 g/mol. The summed E-state index contributed by atoms with van der Waals surface area (Å²) in [6.07, 6.45) is -0.822. The highest BCUT2D eigenvalue weighted by Crippen LogP contribution is 2.22. The number of carbonyl (C=O) groups is 2. The first-order valence-corrected chi connectivity index (χ1v) is 10.4. The predicted octanol–water partition coefficient (Wildman–Crippen LogP) is 2.49. The van der Waals surface area contributed by atoms with Crippen molar-refractivity contribution < 1.29 is 27.3 Å². The van der Waals surface area contributed by atoms with Crippen molar-refractivity contribution in [2.24, 2.45) is 0 Å². The summed E-state index contributed by atoms with van der Waals surface area (Å²) < 4.78 is 36.5. The van der Waals surface area contributed by atoms with Crippen LogP contribution in [-0.4, -0.2) is 48.2 Å². The molecule has 9 nitrogen and oxygen atoms in total. The highest BCUT2D eigenvalue weighted by Gasteiger charge is 2.27. The zero-order valence-electron chi connectivity index (χ0n) is 17.3. The van der Waals surface area contributed by atoms with E-state index in [4.69, 9.17) is 9.26 Å². The Morgan fingerprint density at radius 2 is 1.79 bits per heavy atom. The Kier molecular flexibility index (Phi) is 6.59. The van der Waals surface area contributed by atoms with Gasteiger partial charge in [-0.15, -0.1) is 0 Å². The van der Waals surface area contributed by atoms with E-state index < -0.39 is 28.6 Å². The number of hydrogen-bond acceptors (Lipinski definition) is 8. The number of esters is 1. The smallest absolute Gasteiger partial charge is 0.322 e. The highest BCUT2D eigenvalue weighted by atomic mass is 32.2. The van der Waals surface area contributed by atoms with Crippen LogP contribution in [0.4, 0.5) is 0 Å². The number of rotatable bonds is 7. The van der Waals surface area contributed by atoms with Crippen molar-refractivity contribution in [3.8, 4) is 0 Å². The summed E-state index contributed by atoms with van der Waals surface area (Å²) in [5.41, 5.74) is 0.0755. The molecule has 0 saturated heterocycles. The van der Waals surface area contributed by atoms with Gasteiger partial charge in [-0.1, -0.05) is 38.1 Å². The van der Waals surface area contributed by atoms with Gasteiger partial charge in [-0.05, 0) is 26.0 Å². The molecule has 1 aromatic heterocycles. The first-order valence-electron chi connectivity index (χ1n) is 8.93. The van der Waals surface area contributed by atoms with Crippen LogP contribution in [0.15, 0.2) is 33.7 Å². The fourth-order valence-corrected chi connectivity index (χ4v) is 3.41. The summed E-state index contributed by atoms with van der Waals surface area (Å²) in [7, 11) is -2.65. The first-order chi connectivity index (χ1) is 13.3. The maximum atomic E-state index is 12.6. The number of nitrogens with zero attached hydrogens (tertiary/aromatic N) is 3. The van der Waals surface area contributed by atoms with Crippen LogP contribution in [0.25, 0.3) is 0 Å². The normalized spacial score (nSPS) is 13.3. The minimum absolute atomic E-state index is 0.0300. The molecule has 0 saturated carbocycles. The molecular weight excluding hydrogens is 398 g/mol. The molecule has 0 spiro atoms. The van der Waals surface area contributed by atoms with Crippen molar-refractivity contribution in [3.63, 3.8) is 0 Å². The summed E-state index contributed by atoms with van der Waals surface area (Å²) in [6, 6.07) is 5.49. The number of carbonyl (C=O) groups excluding carboxylic acids is 2. The molecule has 0 aliphatic carbocycles. The van der Waals surface area contributed by atoms with E-state index in [1.54, 1.807) is 6.92 Å². The van der Waals surface area contributed by atoms with Gasteiger partial charge < -0.3 is 9.26 Å². The fraction of sp³-hybridized carbons (Fsp3) is 0.474. The van der Waals surface area contributed by atoms with Gasteiger partial charge in [-0.2, -0.15) is 9.29 Å². The second kappa shape index (κ2) is 8.42. The third-order valence-corrected chi connectivity index (χ3v) is 5.91. The Bertz CT molecular complexity index is 990. The SMILES string of the molecule is CC(=O)c1ccc(S(=O)(=O)N(C)CC(=O)OC(C)c2nc(C(C)(C)C)no2)cc1. The molecule has 10 heteroatoms. The molecule has 1 aromatic carbocycles. The molecule has 2 rings (SSSR count). The third-order valence-electron chi connectivity index (χ3n) is 4.09. The minimum atomic E-state index is -3.92. The number of ether oxygens (including phenoxy) is 1. The largest absolute Gasteiger partial charge is 0.452 e. The van der Waals surface area contributed by atoms with Crippen molar-refractivity contribution in [1.29, 1.82) is 0 Å². The average Bonchev–Trinajstić information content (AvgIpc) is 3.12. The van der Waals surface area contributed by atoms with E-state index in [0.29, 0.717) is 11.4 Å². The Labute approximate surface area is 170 Å². The van der Waals surface area contributed by atoms with Gasteiger partial charge in [0.25, 0.3) is 5.89 Å². The predicted molar refractivity (Wildman–Crippen MR) is 104 cm³/mol. The van der Waals surface area contributed by atoms with Crippen molar-refractivity contribution in [2.45, 2.75) is 51.0 Å². The van der Waals surface area contributed by atoms with Crippen molar-refractivity contribution in [1.82, 2.24) is 14.4 Å². The lowest BCUT2D eigenvalue weighted by Crippen LogP contribution is -2.33. The van der Waals surface area contributed by atoms with Crippen LogP contribution in [0.2, 0.25) is 0 Å². The Morgan fingerprint density at radius 1 is 1.21 bits per heavy atom. The summed E-state index contributed by atoms with van der Waals surface area (Å²) in [4.78, 5) is 27.7. The van der Waals surface area contributed by atoms with E-state index >= 15 is 0 Å². The zero-order valence-corrected chi connectivity index (χ0v) is 18.1. The van der Waals surface area contributed by atoms with Gasteiger partial charge in [-0.25, -0.2) is 8.42 Å². The van der Waals surface area contributed by atoms with Gasteiger partial charge in [0, 0.05) is 18.0 Å². The van der Waals surface area contributed by atoms with Crippen LogP contribution >= 0.6 is 0 Å². The monoisotopic (exact) mass is 423 g/mol. The third kappa shape index (κ3) is 5.48. The van der Waals surface area contributed by atoms with Gasteiger partial charge in [-0.3, -0.25) is 9.59 Å². The Morgan fingerprint density at radius 3 is 2.28 bits per heavy atom. The molecule has 1 heterocycles. The van der Waals surface area contributed by atoms with Crippen LogP contribution in [0.1, 0.15) is 62.8 Å². The maximum Gasteiger partial charge on any atom is 0.322 e. The minimum Gasteiger partial charge on any atom is -0.452 e. The molecule has 158 valence electrons. The molecule has 0 radical (unpaired) electrons. The number of likely N-dealkylation sites (N-methyl/N-ethyl adjacent to an activating group) is 1. The summed E-state index contributed by atoms with van der Waals surface area (Å²) in [6.45, 7) is 8.21. The van der Waals surface area contributed by atoms with Gasteiger partial charge >= 0.3 is 5.97 Å². The molecule has 0 aliphatic rings. The second-order valence-electron chi connectivity index (χ2n) is 7.68. The van der Waals surface area contributed by atoms with Crippen molar-refractivity contribution in [3.05, 3.63) is 41.5 Å². The molecule has 0 bridgehead atoms. The maximum absolute atomic E-state index is 12.6. The lowest BCUT2D eigenvalue weighted by molar-refractivity contribution is -0.149. The highest BCUT2D eigenvalue weighted by molar-refractivity contribution is 7.89. The quantitative estimate of drug-likeness (QED) is 0.492. The number of hydrogen-bond donors (Lipinski definition) is 0. The van der Waals surface area contributed by atoms with Crippen LogP contribution in [0.3, 0.4) is 0 Å². The molecule has 0 fully saturated rings. The van der Waals surface area contributed by atoms with E-state index in [2.05, 4.69) is 10.1 Å². The summed E-state index contributed by atoms with van der Waals surface area (Å²) in [5.74, 6) is -0.326. The molecule has 0 aliphatic heterocycles. The molecule has 0 amide bonds. The van der Waals surface area contributed by atoms with Crippen molar-refractivity contribution in [2.75, 3.05) is 13.6 Å². The lowest BCUT2D eigenvalue weighted by Gasteiger charge is -2.17. The van der Waals surface area contributed by atoms with Crippen LogP contribution in [-0.2, 0) is 25.0 Å². The number of benzene rings is 1. The van der Waals surface area contributed by atoms with Gasteiger partial charge in [0.05, 0.1) is 4.90 Å². The van der Waals surface area contributed by atoms with Crippen LogP contribution in [0, 0.1) is 0 Å². The number of aromatic nitrogens is 2. The number of sulfonamides is 1. The van der Waals surface area contributed by atoms with E-state index in [-0.39, 0.29) is 22.0 Å². The molecular formula is C19H25N3O6S. The van der Waals surface area contributed by atoms with E-state index in [9.17, 15) is 18.0 Å². The van der Waals surface area contributed by atoms with Gasteiger partial charge in [0.2, 0.25) is 10.0 Å². The Hall–Kier alpha value is -2.59. The fourth-order valence-electron chi connectivity index (χ4n) is 2.30. The first kappa shape index (κ1) is 22.7. The molecule has 1 atom stereocenters. The summed E-state index contributed by atoms with van der Waals surface area (Å²) in [5, 5.41) is 3.87. The van der Waals surface area contributed by atoms with Crippen LogP contribution < -0.4 is 0 Å².